The van der Waals surface area contributed by atoms with Crippen molar-refractivity contribution in [3.05, 3.63) is 57.9 Å². The van der Waals surface area contributed by atoms with Crippen LogP contribution in [0.4, 0.5) is 24.5 Å². The molecule has 0 bridgehead atoms. The number of benzene rings is 2. The SMILES string of the molecule is COc1cc(OC)cc(-c2nn(-c3cc(N4CC[C@H](O)C4)ccc3C(F)(F)F)c(=O)c3c2CCN3CCO)c1. The molecular formula is C27H29F3N4O5. The van der Waals surface area contributed by atoms with Crippen molar-refractivity contribution in [2.75, 3.05) is 56.8 Å². The van der Waals surface area contributed by atoms with Crippen molar-refractivity contribution in [2.24, 2.45) is 0 Å². The van der Waals surface area contributed by atoms with E-state index in [4.69, 9.17) is 9.47 Å². The maximum atomic E-state index is 14.3. The first-order valence-corrected chi connectivity index (χ1v) is 12.5. The molecule has 0 amide bonds. The molecule has 0 aliphatic carbocycles. The van der Waals surface area contributed by atoms with Crippen LogP contribution in [0.1, 0.15) is 17.5 Å². The third kappa shape index (κ3) is 5.01. The van der Waals surface area contributed by atoms with Crippen LogP contribution >= 0.6 is 0 Å². The van der Waals surface area contributed by atoms with Crippen molar-refractivity contribution in [1.82, 2.24) is 9.78 Å². The molecule has 3 heterocycles. The van der Waals surface area contributed by atoms with Crippen molar-refractivity contribution in [3.63, 3.8) is 0 Å². The zero-order valence-electron chi connectivity index (χ0n) is 21.5. The Morgan fingerprint density at radius 3 is 2.38 bits per heavy atom. The number of methoxy groups -OCH3 is 2. The van der Waals surface area contributed by atoms with E-state index in [1.807, 2.05) is 0 Å². The van der Waals surface area contributed by atoms with Gasteiger partial charge in [0, 0.05) is 49.1 Å². The van der Waals surface area contributed by atoms with Gasteiger partial charge in [-0.1, -0.05) is 0 Å². The lowest BCUT2D eigenvalue weighted by Crippen LogP contribution is -2.33. The number of hydrogen-bond acceptors (Lipinski definition) is 8. The average Bonchev–Trinajstić information content (AvgIpc) is 3.55. The number of aromatic nitrogens is 2. The van der Waals surface area contributed by atoms with Gasteiger partial charge in [-0.05, 0) is 43.2 Å². The molecule has 208 valence electrons. The minimum absolute atomic E-state index is 0.144. The van der Waals surface area contributed by atoms with E-state index in [1.54, 1.807) is 28.0 Å². The van der Waals surface area contributed by atoms with Crippen molar-refractivity contribution in [3.8, 4) is 28.4 Å². The van der Waals surface area contributed by atoms with Crippen LogP contribution in [0.2, 0.25) is 0 Å². The highest BCUT2D eigenvalue weighted by Gasteiger charge is 2.37. The molecule has 2 aliphatic rings. The van der Waals surface area contributed by atoms with Gasteiger partial charge in [0.15, 0.2) is 0 Å². The molecule has 0 unspecified atom stereocenters. The fourth-order valence-electron chi connectivity index (χ4n) is 5.26. The Bertz CT molecular complexity index is 1420. The number of ether oxygens (including phenoxy) is 2. The first-order chi connectivity index (χ1) is 18.6. The second-order valence-electron chi connectivity index (χ2n) is 9.54. The number of aliphatic hydroxyl groups excluding tert-OH is 2. The second-order valence-corrected chi connectivity index (χ2v) is 9.54. The van der Waals surface area contributed by atoms with Gasteiger partial charge < -0.3 is 29.5 Å². The van der Waals surface area contributed by atoms with Gasteiger partial charge in [-0.2, -0.15) is 23.0 Å². The molecule has 3 aromatic rings. The number of anilines is 2. The van der Waals surface area contributed by atoms with Gasteiger partial charge in [0.05, 0.1) is 43.9 Å². The van der Waals surface area contributed by atoms with Crippen LogP contribution in [0.5, 0.6) is 11.5 Å². The summed E-state index contributed by atoms with van der Waals surface area (Å²) in [6.45, 7) is 1.06. The smallest absolute Gasteiger partial charge is 0.418 e. The fourth-order valence-corrected chi connectivity index (χ4v) is 5.26. The maximum absolute atomic E-state index is 14.3. The Labute approximate surface area is 222 Å². The summed E-state index contributed by atoms with van der Waals surface area (Å²) in [5.74, 6) is 0.905. The highest BCUT2D eigenvalue weighted by molar-refractivity contribution is 5.75. The Kier molecular flexibility index (Phi) is 7.17. The summed E-state index contributed by atoms with van der Waals surface area (Å²) in [7, 11) is 2.97. The Morgan fingerprint density at radius 2 is 1.79 bits per heavy atom. The summed E-state index contributed by atoms with van der Waals surface area (Å²) in [6, 6.07) is 8.60. The van der Waals surface area contributed by atoms with Gasteiger partial charge in [-0.3, -0.25) is 4.79 Å². The molecule has 2 N–H and O–H groups in total. The average molecular weight is 547 g/mol. The lowest BCUT2D eigenvalue weighted by atomic mass is 10.0. The summed E-state index contributed by atoms with van der Waals surface area (Å²) in [6.07, 6.45) is -4.43. The quantitative estimate of drug-likeness (QED) is 0.467. The fraction of sp³-hybridized carbons (Fsp3) is 0.407. The lowest BCUT2D eigenvalue weighted by Gasteiger charge is -2.23. The van der Waals surface area contributed by atoms with Gasteiger partial charge in [-0.15, -0.1) is 0 Å². The molecule has 9 nitrogen and oxygen atoms in total. The molecule has 5 rings (SSSR count). The van der Waals surface area contributed by atoms with Gasteiger partial charge in [0.1, 0.15) is 17.2 Å². The molecule has 2 aliphatic heterocycles. The molecule has 1 atom stereocenters. The van der Waals surface area contributed by atoms with Crippen molar-refractivity contribution in [2.45, 2.75) is 25.1 Å². The number of alkyl halides is 3. The Balaban J connectivity index is 1.79. The number of rotatable bonds is 7. The van der Waals surface area contributed by atoms with Crippen LogP contribution in [-0.2, 0) is 12.6 Å². The van der Waals surface area contributed by atoms with Gasteiger partial charge in [-0.25, -0.2) is 0 Å². The van der Waals surface area contributed by atoms with E-state index in [0.717, 1.165) is 10.7 Å². The highest BCUT2D eigenvalue weighted by atomic mass is 19.4. The number of aliphatic hydroxyl groups is 2. The molecule has 1 aromatic heterocycles. The van der Waals surface area contributed by atoms with E-state index in [2.05, 4.69) is 5.10 Å². The molecule has 1 saturated heterocycles. The normalized spacial score (nSPS) is 17.1. The Morgan fingerprint density at radius 1 is 1.08 bits per heavy atom. The molecule has 39 heavy (non-hydrogen) atoms. The standard InChI is InChI=1S/C27H29F3N4O5/c1-38-19-11-16(12-20(14-19)39-2)24-21-6-8-32(9-10-35)25(21)26(37)34(31-24)23-13-17(33-7-5-18(36)15-33)3-4-22(23)27(28,29)30/h3-4,11-14,18,35-36H,5-10,15H2,1-2H3/t18-/m0/s1. The number of halogens is 3. The third-order valence-corrected chi connectivity index (χ3v) is 7.15. The highest BCUT2D eigenvalue weighted by Crippen LogP contribution is 2.39. The van der Waals surface area contributed by atoms with Crippen LogP contribution in [0.15, 0.2) is 41.2 Å². The third-order valence-electron chi connectivity index (χ3n) is 7.15. The van der Waals surface area contributed by atoms with Crippen molar-refractivity contribution in [1.29, 1.82) is 0 Å². The maximum Gasteiger partial charge on any atom is 0.418 e. The lowest BCUT2D eigenvalue weighted by molar-refractivity contribution is -0.137. The summed E-state index contributed by atoms with van der Waals surface area (Å²) >= 11 is 0. The first kappa shape index (κ1) is 26.8. The van der Waals surface area contributed by atoms with Crippen LogP contribution in [0.3, 0.4) is 0 Å². The number of nitrogens with zero attached hydrogens (tertiary/aromatic N) is 4. The van der Waals surface area contributed by atoms with Crippen molar-refractivity contribution >= 4 is 11.4 Å². The van der Waals surface area contributed by atoms with Crippen LogP contribution in [-0.4, -0.2) is 73.1 Å². The van der Waals surface area contributed by atoms with Crippen LogP contribution < -0.4 is 24.8 Å². The summed E-state index contributed by atoms with van der Waals surface area (Å²) in [5, 5.41) is 24.1. The largest absolute Gasteiger partial charge is 0.497 e. The summed E-state index contributed by atoms with van der Waals surface area (Å²) < 4.78 is 54.3. The minimum atomic E-state index is -4.76. The number of hydrogen-bond donors (Lipinski definition) is 2. The predicted octanol–water partition coefficient (Wildman–Crippen LogP) is 2.86. The zero-order valence-corrected chi connectivity index (χ0v) is 21.5. The molecule has 2 aromatic carbocycles. The van der Waals surface area contributed by atoms with E-state index >= 15 is 0 Å². The number of fused-ring (bicyclic) bond motifs is 1. The Hall–Kier alpha value is -3.77. The summed E-state index contributed by atoms with van der Waals surface area (Å²) in [4.78, 5) is 17.3. The number of β-amino-alcohol motifs (C(OH)–C–C–N with tert-alkyl or cyclic N) is 2. The second kappa shape index (κ2) is 10.4. The van der Waals surface area contributed by atoms with E-state index in [9.17, 15) is 28.2 Å². The monoisotopic (exact) mass is 546 g/mol. The first-order valence-electron chi connectivity index (χ1n) is 12.5. The van der Waals surface area contributed by atoms with Crippen LogP contribution in [0, 0.1) is 0 Å². The molecule has 0 spiro atoms. The topological polar surface area (TPSA) is 100 Å². The van der Waals surface area contributed by atoms with Gasteiger partial charge in [0.2, 0.25) is 0 Å². The van der Waals surface area contributed by atoms with E-state index < -0.39 is 29.1 Å². The van der Waals surface area contributed by atoms with Gasteiger partial charge in [0.25, 0.3) is 5.56 Å². The predicted molar refractivity (Wildman–Crippen MR) is 139 cm³/mol. The molecule has 1 fully saturated rings. The summed E-state index contributed by atoms with van der Waals surface area (Å²) in [5.41, 5.74) is -0.0908. The van der Waals surface area contributed by atoms with Gasteiger partial charge >= 0.3 is 6.18 Å². The minimum Gasteiger partial charge on any atom is -0.497 e. The molecular weight excluding hydrogens is 517 g/mol. The van der Waals surface area contributed by atoms with Crippen LogP contribution in [0.25, 0.3) is 16.9 Å². The molecule has 12 heteroatoms. The van der Waals surface area contributed by atoms with E-state index in [-0.39, 0.29) is 25.4 Å². The van der Waals surface area contributed by atoms with E-state index in [1.165, 1.54) is 26.4 Å². The van der Waals surface area contributed by atoms with Crippen molar-refractivity contribution < 1.29 is 32.9 Å². The molecule has 0 radical (unpaired) electrons. The molecule has 0 saturated carbocycles. The van der Waals surface area contributed by atoms with E-state index in [0.29, 0.717) is 59.9 Å². The zero-order chi connectivity index (χ0) is 27.9.